The lowest BCUT2D eigenvalue weighted by atomic mass is 10.2. The number of hydrogen-bond donors (Lipinski definition) is 0. The lowest BCUT2D eigenvalue weighted by molar-refractivity contribution is 0.284. The topological polar surface area (TPSA) is 41.5 Å². The molecule has 1 aromatic heterocycles. The van der Waals surface area contributed by atoms with E-state index in [-0.39, 0.29) is 0 Å². The summed E-state index contributed by atoms with van der Waals surface area (Å²) in [6.45, 7) is 9.42. The quantitative estimate of drug-likeness (QED) is 0.835. The van der Waals surface area contributed by atoms with Crippen LogP contribution in [0.1, 0.15) is 37.6 Å². The molecule has 1 aliphatic heterocycles. The van der Waals surface area contributed by atoms with Crippen LogP contribution < -0.4 is 9.64 Å². The van der Waals surface area contributed by atoms with Gasteiger partial charge in [-0.1, -0.05) is 19.9 Å². The molecule has 1 aromatic carbocycles. The van der Waals surface area contributed by atoms with Crippen molar-refractivity contribution < 1.29 is 4.74 Å². The normalized spacial score (nSPS) is 16.1. The summed E-state index contributed by atoms with van der Waals surface area (Å²) in [5.74, 6) is 2.22. The first kappa shape index (κ1) is 17.7. The third-order valence-electron chi connectivity index (χ3n) is 4.65. The molecule has 0 radical (unpaired) electrons. The Labute approximate surface area is 150 Å². The number of rotatable bonds is 5. The average Bonchev–Trinajstić information content (AvgIpc) is 2.88. The van der Waals surface area contributed by atoms with Crippen LogP contribution in [0.15, 0.2) is 36.7 Å². The van der Waals surface area contributed by atoms with Gasteiger partial charge in [0, 0.05) is 68.4 Å². The highest BCUT2D eigenvalue weighted by atomic mass is 16.5. The number of anilines is 1. The van der Waals surface area contributed by atoms with Crippen LogP contribution in [-0.4, -0.2) is 48.2 Å². The summed E-state index contributed by atoms with van der Waals surface area (Å²) in [6, 6.07) is 8.34. The Morgan fingerprint density at radius 1 is 1.08 bits per heavy atom. The standard InChI is InChI=1S/C20H28N4O/c1-16(2)20-21-13-17(14-22-20)15-23-8-5-9-24(11-10-23)18-6-4-7-19(12-18)25-3/h4,6-7,12-14,16H,5,8-11,15H2,1-3H3. The zero-order valence-electron chi connectivity index (χ0n) is 15.5. The minimum atomic E-state index is 0.378. The fourth-order valence-electron chi connectivity index (χ4n) is 3.20. The average molecular weight is 340 g/mol. The van der Waals surface area contributed by atoms with Crippen molar-refractivity contribution >= 4 is 5.69 Å². The van der Waals surface area contributed by atoms with Crippen LogP contribution in [0.5, 0.6) is 5.75 Å². The number of benzene rings is 1. The minimum Gasteiger partial charge on any atom is -0.497 e. The van der Waals surface area contributed by atoms with E-state index in [1.807, 2.05) is 18.5 Å². The van der Waals surface area contributed by atoms with E-state index in [1.165, 1.54) is 11.3 Å². The summed E-state index contributed by atoms with van der Waals surface area (Å²) in [5, 5.41) is 0. The highest BCUT2D eigenvalue weighted by molar-refractivity contribution is 5.50. The molecule has 1 aliphatic rings. The molecule has 0 N–H and O–H groups in total. The second-order valence-electron chi connectivity index (χ2n) is 6.92. The van der Waals surface area contributed by atoms with E-state index in [4.69, 9.17) is 4.74 Å². The predicted octanol–water partition coefficient (Wildman–Crippen LogP) is 3.32. The summed E-state index contributed by atoms with van der Waals surface area (Å²) in [6.07, 6.45) is 5.11. The van der Waals surface area contributed by atoms with Crippen molar-refractivity contribution in [1.82, 2.24) is 14.9 Å². The van der Waals surface area contributed by atoms with E-state index in [1.54, 1.807) is 7.11 Å². The third-order valence-corrected chi connectivity index (χ3v) is 4.65. The van der Waals surface area contributed by atoms with Gasteiger partial charge >= 0.3 is 0 Å². The van der Waals surface area contributed by atoms with Crippen molar-refractivity contribution in [1.29, 1.82) is 0 Å². The Hall–Kier alpha value is -2.14. The monoisotopic (exact) mass is 340 g/mol. The first-order valence-corrected chi connectivity index (χ1v) is 9.08. The Morgan fingerprint density at radius 2 is 1.88 bits per heavy atom. The molecule has 0 saturated carbocycles. The Morgan fingerprint density at radius 3 is 2.60 bits per heavy atom. The van der Waals surface area contributed by atoms with Gasteiger partial charge in [-0.25, -0.2) is 9.97 Å². The molecule has 2 aromatic rings. The number of methoxy groups -OCH3 is 1. The molecule has 1 fully saturated rings. The van der Waals surface area contributed by atoms with Gasteiger partial charge in [-0.3, -0.25) is 4.90 Å². The van der Waals surface area contributed by atoms with Crippen LogP contribution in [0.25, 0.3) is 0 Å². The van der Waals surface area contributed by atoms with Gasteiger partial charge in [0.15, 0.2) is 0 Å². The van der Waals surface area contributed by atoms with Crippen molar-refractivity contribution in [2.24, 2.45) is 0 Å². The Bertz CT molecular complexity index is 672. The maximum Gasteiger partial charge on any atom is 0.130 e. The van der Waals surface area contributed by atoms with E-state index in [0.717, 1.165) is 50.7 Å². The minimum absolute atomic E-state index is 0.378. The molecule has 2 heterocycles. The number of nitrogens with zero attached hydrogens (tertiary/aromatic N) is 4. The van der Waals surface area contributed by atoms with Gasteiger partial charge in [-0.15, -0.1) is 0 Å². The predicted molar refractivity (Wildman–Crippen MR) is 101 cm³/mol. The Balaban J connectivity index is 1.59. The van der Waals surface area contributed by atoms with E-state index in [2.05, 4.69) is 51.8 Å². The van der Waals surface area contributed by atoms with Gasteiger partial charge in [0.05, 0.1) is 7.11 Å². The second-order valence-corrected chi connectivity index (χ2v) is 6.92. The number of aromatic nitrogens is 2. The van der Waals surface area contributed by atoms with Crippen molar-refractivity contribution in [3.05, 3.63) is 48.0 Å². The molecule has 25 heavy (non-hydrogen) atoms. The lowest BCUT2D eigenvalue weighted by Crippen LogP contribution is -2.30. The van der Waals surface area contributed by atoms with Crippen molar-refractivity contribution in [3.8, 4) is 5.75 Å². The highest BCUT2D eigenvalue weighted by Crippen LogP contribution is 2.22. The molecule has 0 unspecified atom stereocenters. The maximum absolute atomic E-state index is 5.35. The van der Waals surface area contributed by atoms with E-state index in [0.29, 0.717) is 5.92 Å². The van der Waals surface area contributed by atoms with Gasteiger partial charge in [0.1, 0.15) is 11.6 Å². The van der Waals surface area contributed by atoms with Crippen LogP contribution in [-0.2, 0) is 6.54 Å². The molecule has 5 heteroatoms. The zero-order chi connectivity index (χ0) is 17.6. The summed E-state index contributed by atoms with van der Waals surface area (Å²) in [4.78, 5) is 13.9. The molecule has 3 rings (SSSR count). The summed E-state index contributed by atoms with van der Waals surface area (Å²) < 4.78 is 5.35. The molecular formula is C20H28N4O. The molecule has 0 atom stereocenters. The molecule has 0 spiro atoms. The van der Waals surface area contributed by atoms with Gasteiger partial charge in [0.2, 0.25) is 0 Å². The smallest absolute Gasteiger partial charge is 0.130 e. The number of ether oxygens (including phenoxy) is 1. The van der Waals surface area contributed by atoms with Gasteiger partial charge < -0.3 is 9.64 Å². The number of hydrogen-bond acceptors (Lipinski definition) is 5. The highest BCUT2D eigenvalue weighted by Gasteiger charge is 2.16. The fraction of sp³-hybridized carbons (Fsp3) is 0.500. The van der Waals surface area contributed by atoms with Gasteiger partial charge in [-0.2, -0.15) is 0 Å². The molecule has 0 bridgehead atoms. The van der Waals surface area contributed by atoms with Crippen molar-refractivity contribution in [3.63, 3.8) is 0 Å². The summed E-state index contributed by atoms with van der Waals surface area (Å²) >= 11 is 0. The van der Waals surface area contributed by atoms with E-state index < -0.39 is 0 Å². The second kappa shape index (κ2) is 8.30. The van der Waals surface area contributed by atoms with Crippen molar-refractivity contribution in [2.45, 2.75) is 32.7 Å². The lowest BCUT2D eigenvalue weighted by Gasteiger charge is -2.24. The van der Waals surface area contributed by atoms with E-state index in [9.17, 15) is 0 Å². The van der Waals surface area contributed by atoms with Crippen LogP contribution in [0, 0.1) is 0 Å². The fourth-order valence-corrected chi connectivity index (χ4v) is 3.20. The third kappa shape index (κ3) is 4.69. The van der Waals surface area contributed by atoms with E-state index >= 15 is 0 Å². The molecule has 0 aliphatic carbocycles. The van der Waals surface area contributed by atoms with Crippen LogP contribution in [0.2, 0.25) is 0 Å². The van der Waals surface area contributed by atoms with Crippen LogP contribution >= 0.6 is 0 Å². The maximum atomic E-state index is 5.35. The summed E-state index contributed by atoms with van der Waals surface area (Å²) in [7, 11) is 1.72. The molecule has 0 amide bonds. The molecule has 5 nitrogen and oxygen atoms in total. The largest absolute Gasteiger partial charge is 0.497 e. The molecule has 134 valence electrons. The molecule has 1 saturated heterocycles. The zero-order valence-corrected chi connectivity index (χ0v) is 15.5. The van der Waals surface area contributed by atoms with Crippen LogP contribution in [0.4, 0.5) is 5.69 Å². The van der Waals surface area contributed by atoms with Crippen molar-refractivity contribution in [2.75, 3.05) is 38.2 Å². The summed E-state index contributed by atoms with van der Waals surface area (Å²) in [5.41, 5.74) is 2.44. The Kier molecular flexibility index (Phi) is 5.87. The van der Waals surface area contributed by atoms with Gasteiger partial charge in [0.25, 0.3) is 0 Å². The van der Waals surface area contributed by atoms with Gasteiger partial charge in [-0.05, 0) is 18.6 Å². The van der Waals surface area contributed by atoms with Crippen LogP contribution in [0.3, 0.4) is 0 Å². The first-order valence-electron chi connectivity index (χ1n) is 9.08. The SMILES string of the molecule is COc1cccc(N2CCCN(Cc3cnc(C(C)C)nc3)CC2)c1. The molecular weight excluding hydrogens is 312 g/mol. The first-order chi connectivity index (χ1) is 12.2.